The topological polar surface area (TPSA) is 48.4 Å². The van der Waals surface area contributed by atoms with Gasteiger partial charge < -0.3 is 9.47 Å². The van der Waals surface area contributed by atoms with Gasteiger partial charge in [0.2, 0.25) is 0 Å². The monoisotopic (exact) mass is 435 g/mol. The molecular formula is C27H30FNO3. The number of aromatic nitrogens is 1. The molecule has 2 bridgehead atoms. The summed E-state index contributed by atoms with van der Waals surface area (Å²) < 4.78 is 24.5. The maximum Gasteiger partial charge on any atom is 0.305 e. The number of unbranched alkanes of at least 4 members (excludes halogenated alkanes) is 1. The van der Waals surface area contributed by atoms with E-state index in [9.17, 15) is 9.18 Å². The Morgan fingerprint density at radius 1 is 1.25 bits per heavy atom. The van der Waals surface area contributed by atoms with Crippen LogP contribution in [0.4, 0.5) is 4.39 Å². The number of allylic oxidation sites excluding steroid dienone is 2. The van der Waals surface area contributed by atoms with Gasteiger partial charge in [-0.15, -0.1) is 0 Å². The van der Waals surface area contributed by atoms with Crippen molar-refractivity contribution in [2.75, 3.05) is 13.7 Å². The second-order valence-corrected chi connectivity index (χ2v) is 8.69. The van der Waals surface area contributed by atoms with E-state index in [0.717, 1.165) is 36.9 Å². The molecule has 1 aliphatic carbocycles. The van der Waals surface area contributed by atoms with Crippen molar-refractivity contribution in [1.29, 1.82) is 0 Å². The molecule has 5 heteroatoms. The summed E-state index contributed by atoms with van der Waals surface area (Å²) >= 11 is 0. The second kappa shape index (κ2) is 10.2. The minimum absolute atomic E-state index is 0.117. The summed E-state index contributed by atoms with van der Waals surface area (Å²) in [5, 5.41) is 0. The number of benzene rings is 1. The number of hydrogen-bond acceptors (Lipinski definition) is 4. The zero-order chi connectivity index (χ0) is 22.4. The van der Waals surface area contributed by atoms with Crippen molar-refractivity contribution in [2.45, 2.75) is 43.6 Å². The average Bonchev–Trinajstić information content (AvgIpc) is 3.39. The van der Waals surface area contributed by atoms with Crippen molar-refractivity contribution in [3.63, 3.8) is 0 Å². The first-order valence-electron chi connectivity index (χ1n) is 11.3. The number of hydrogen-bond donors (Lipinski definition) is 0. The van der Waals surface area contributed by atoms with E-state index in [4.69, 9.17) is 9.47 Å². The van der Waals surface area contributed by atoms with Crippen LogP contribution < -0.4 is 0 Å². The fraction of sp³-hybridized carbons (Fsp3) is 0.407. The Labute approximate surface area is 189 Å². The standard InChI is InChI=1S/C27H30FNO3/c1-31-26(30)10-5-3-2-4-9-24-23(16-15-22-8-6-7-17-29-22)25-18-27(24,19-32-25)20-11-13-21(28)14-12-20/h2,4,6-8,11-17,23-25H,3,5,9-10,18-19H2,1H3/t23-,24-,25-,27-/m0/s1. The van der Waals surface area contributed by atoms with E-state index in [1.165, 1.54) is 7.11 Å². The summed E-state index contributed by atoms with van der Waals surface area (Å²) in [6.45, 7) is 0.665. The molecule has 0 spiro atoms. The van der Waals surface area contributed by atoms with Crippen LogP contribution in [0.5, 0.6) is 0 Å². The minimum Gasteiger partial charge on any atom is -0.469 e. The van der Waals surface area contributed by atoms with Gasteiger partial charge in [0, 0.05) is 24.0 Å². The van der Waals surface area contributed by atoms with Gasteiger partial charge in [-0.1, -0.05) is 36.4 Å². The molecule has 4 rings (SSSR count). The molecule has 1 aromatic carbocycles. The molecule has 1 aliphatic heterocycles. The Hall–Kier alpha value is -2.79. The highest BCUT2D eigenvalue weighted by atomic mass is 19.1. The molecule has 1 aromatic heterocycles. The lowest BCUT2D eigenvalue weighted by atomic mass is 9.69. The summed E-state index contributed by atoms with van der Waals surface area (Å²) in [6.07, 6.45) is 14.6. The van der Waals surface area contributed by atoms with Gasteiger partial charge in [0.1, 0.15) is 5.82 Å². The summed E-state index contributed by atoms with van der Waals surface area (Å²) in [4.78, 5) is 15.7. The summed E-state index contributed by atoms with van der Waals surface area (Å²) in [6, 6.07) is 12.8. The van der Waals surface area contributed by atoms with Crippen molar-refractivity contribution in [3.8, 4) is 0 Å². The fourth-order valence-corrected chi connectivity index (χ4v) is 5.21. The molecule has 168 valence electrons. The molecule has 1 saturated carbocycles. The summed E-state index contributed by atoms with van der Waals surface area (Å²) in [7, 11) is 1.42. The van der Waals surface area contributed by atoms with Gasteiger partial charge in [-0.25, -0.2) is 4.39 Å². The lowest BCUT2D eigenvalue weighted by Gasteiger charge is -2.38. The number of fused-ring (bicyclic) bond motifs is 2. The van der Waals surface area contributed by atoms with Crippen LogP contribution in [0.3, 0.4) is 0 Å². The Bertz CT molecular complexity index is 957. The fourth-order valence-electron chi connectivity index (χ4n) is 5.21. The predicted molar refractivity (Wildman–Crippen MR) is 122 cm³/mol. The van der Waals surface area contributed by atoms with Crippen LogP contribution in [0.1, 0.15) is 43.4 Å². The van der Waals surface area contributed by atoms with Crippen molar-refractivity contribution in [2.24, 2.45) is 11.8 Å². The third-order valence-electron chi connectivity index (χ3n) is 6.86. The first kappa shape index (κ1) is 22.4. The zero-order valence-electron chi connectivity index (χ0n) is 18.5. The molecule has 0 N–H and O–H groups in total. The van der Waals surface area contributed by atoms with Gasteiger partial charge >= 0.3 is 5.97 Å². The van der Waals surface area contributed by atoms with Crippen LogP contribution in [0, 0.1) is 17.7 Å². The van der Waals surface area contributed by atoms with E-state index in [1.807, 2.05) is 30.3 Å². The molecular weight excluding hydrogens is 405 g/mol. The lowest BCUT2D eigenvalue weighted by molar-refractivity contribution is -0.140. The predicted octanol–water partition coefficient (Wildman–Crippen LogP) is 5.50. The number of methoxy groups -OCH3 is 1. The number of carbonyl (C=O) groups excluding carboxylic acids is 1. The molecule has 0 radical (unpaired) electrons. The Morgan fingerprint density at radius 2 is 2.09 bits per heavy atom. The Morgan fingerprint density at radius 3 is 2.84 bits per heavy atom. The highest BCUT2D eigenvalue weighted by molar-refractivity contribution is 5.69. The first-order chi connectivity index (χ1) is 15.6. The highest BCUT2D eigenvalue weighted by Gasteiger charge is 2.58. The molecule has 2 heterocycles. The van der Waals surface area contributed by atoms with Gasteiger partial charge in [0.15, 0.2) is 0 Å². The molecule has 1 saturated heterocycles. The Balaban J connectivity index is 1.52. The van der Waals surface area contributed by atoms with E-state index in [2.05, 4.69) is 29.3 Å². The van der Waals surface area contributed by atoms with Crippen molar-refractivity contribution >= 4 is 12.0 Å². The van der Waals surface area contributed by atoms with Crippen molar-refractivity contribution < 1.29 is 18.7 Å². The van der Waals surface area contributed by atoms with E-state index < -0.39 is 0 Å². The third kappa shape index (κ3) is 4.83. The summed E-state index contributed by atoms with van der Waals surface area (Å²) in [5.74, 6) is 0.227. The number of rotatable bonds is 9. The number of ether oxygens (including phenoxy) is 2. The number of esters is 1. The van der Waals surface area contributed by atoms with Gasteiger partial charge in [-0.05, 0) is 67.5 Å². The Kier molecular flexibility index (Phi) is 7.15. The first-order valence-corrected chi connectivity index (χ1v) is 11.3. The molecule has 0 unspecified atom stereocenters. The van der Waals surface area contributed by atoms with Crippen LogP contribution >= 0.6 is 0 Å². The van der Waals surface area contributed by atoms with Gasteiger partial charge in [0.05, 0.1) is 25.5 Å². The molecule has 2 aliphatic rings. The molecule has 2 aromatic rings. The van der Waals surface area contributed by atoms with Crippen LogP contribution in [0.2, 0.25) is 0 Å². The normalized spacial score (nSPS) is 26.9. The molecule has 4 nitrogen and oxygen atoms in total. The molecule has 0 amide bonds. The van der Waals surface area contributed by atoms with Crippen molar-refractivity contribution in [3.05, 3.63) is 84.0 Å². The van der Waals surface area contributed by atoms with Crippen molar-refractivity contribution in [1.82, 2.24) is 4.98 Å². The quantitative estimate of drug-likeness (QED) is 0.297. The van der Waals surface area contributed by atoms with E-state index in [-0.39, 0.29) is 29.2 Å². The van der Waals surface area contributed by atoms with E-state index >= 15 is 0 Å². The highest BCUT2D eigenvalue weighted by Crippen LogP contribution is 2.57. The number of pyridine rings is 1. The summed E-state index contributed by atoms with van der Waals surface area (Å²) in [5.41, 5.74) is 1.97. The maximum absolute atomic E-state index is 13.6. The minimum atomic E-state index is -0.215. The van der Waals surface area contributed by atoms with E-state index in [1.54, 1.807) is 18.3 Å². The van der Waals surface area contributed by atoms with Crippen LogP contribution in [-0.4, -0.2) is 30.8 Å². The third-order valence-corrected chi connectivity index (χ3v) is 6.86. The largest absolute Gasteiger partial charge is 0.469 e. The zero-order valence-corrected chi connectivity index (χ0v) is 18.5. The number of halogens is 1. The van der Waals surface area contributed by atoms with Gasteiger partial charge in [0.25, 0.3) is 0 Å². The maximum atomic E-state index is 13.6. The number of carbonyl (C=O) groups is 1. The van der Waals surface area contributed by atoms with E-state index in [0.29, 0.717) is 18.9 Å². The van der Waals surface area contributed by atoms with Crippen LogP contribution in [0.25, 0.3) is 6.08 Å². The van der Waals surface area contributed by atoms with Gasteiger partial charge in [-0.2, -0.15) is 0 Å². The van der Waals surface area contributed by atoms with Crippen LogP contribution in [-0.2, 0) is 19.7 Å². The van der Waals surface area contributed by atoms with Crippen LogP contribution in [0.15, 0.2) is 66.9 Å². The van der Waals surface area contributed by atoms with Gasteiger partial charge in [-0.3, -0.25) is 9.78 Å². The average molecular weight is 436 g/mol. The lowest BCUT2D eigenvalue weighted by Crippen LogP contribution is -2.39. The SMILES string of the molecule is COC(=O)CCCC=CC[C@H]1[C@H](C=Cc2ccccn2)[C@@H]2C[C@@]1(c1ccc(F)cc1)CO2. The number of nitrogens with zero attached hydrogens (tertiary/aromatic N) is 1. The molecule has 32 heavy (non-hydrogen) atoms. The molecule has 4 atom stereocenters. The second-order valence-electron chi connectivity index (χ2n) is 8.69. The molecule has 2 fully saturated rings. The smallest absolute Gasteiger partial charge is 0.305 e.